The van der Waals surface area contributed by atoms with Gasteiger partial charge in [0.05, 0.1) is 19.4 Å². The minimum atomic E-state index is -0.254. The molecule has 0 aliphatic rings. The third kappa shape index (κ3) is 5.96. The van der Waals surface area contributed by atoms with Crippen molar-refractivity contribution < 1.29 is 13.6 Å². The average molecular weight is 415 g/mol. The van der Waals surface area contributed by atoms with Crippen LogP contribution in [0.15, 0.2) is 94.0 Å². The third-order valence-corrected chi connectivity index (χ3v) is 5.04. The van der Waals surface area contributed by atoms with Gasteiger partial charge in [-0.3, -0.25) is 9.69 Å². The molecule has 0 saturated carbocycles. The van der Waals surface area contributed by atoms with E-state index in [1.807, 2.05) is 30.3 Å². The second-order valence-corrected chi connectivity index (χ2v) is 7.64. The monoisotopic (exact) mass is 414 g/mol. The van der Waals surface area contributed by atoms with Gasteiger partial charge in [0.2, 0.25) is 0 Å². The van der Waals surface area contributed by atoms with E-state index in [4.69, 9.17) is 8.83 Å². The molecule has 1 amide bonds. The molecule has 31 heavy (non-hydrogen) atoms. The maximum atomic E-state index is 12.4. The van der Waals surface area contributed by atoms with Crippen molar-refractivity contribution >= 4 is 5.91 Å². The molecule has 0 radical (unpaired) electrons. The lowest BCUT2D eigenvalue weighted by Gasteiger charge is -2.21. The Balaban J connectivity index is 1.43. The van der Waals surface area contributed by atoms with Crippen molar-refractivity contribution in [1.82, 2.24) is 10.2 Å². The quantitative estimate of drug-likeness (QED) is 0.403. The van der Waals surface area contributed by atoms with Crippen LogP contribution in [-0.2, 0) is 26.2 Å². The van der Waals surface area contributed by atoms with Gasteiger partial charge < -0.3 is 14.2 Å². The highest BCUT2D eigenvalue weighted by Gasteiger charge is 2.15. The molecule has 0 fully saturated rings. The summed E-state index contributed by atoms with van der Waals surface area (Å²) in [5, 5.41) is 2.81. The highest BCUT2D eigenvalue weighted by molar-refractivity contribution is 5.91. The number of amides is 1. The molecule has 0 spiro atoms. The van der Waals surface area contributed by atoms with Crippen molar-refractivity contribution in [3.05, 3.63) is 119 Å². The van der Waals surface area contributed by atoms with Crippen LogP contribution in [0.4, 0.5) is 0 Å². The molecule has 158 valence electrons. The van der Waals surface area contributed by atoms with Gasteiger partial charge in [0.1, 0.15) is 11.5 Å². The summed E-state index contributed by atoms with van der Waals surface area (Å²) in [6.45, 7) is 4.60. The summed E-state index contributed by atoms with van der Waals surface area (Å²) in [4.78, 5) is 14.7. The SMILES string of the molecule is Cc1ccc(CN(Cc2ccccc2)Cc2ccc(C(=O)NCc3ccco3)o2)cc1. The van der Waals surface area contributed by atoms with Crippen LogP contribution < -0.4 is 5.32 Å². The minimum absolute atomic E-state index is 0.254. The molecule has 0 unspecified atom stereocenters. The number of rotatable bonds is 9. The Labute approximate surface area is 182 Å². The summed E-state index contributed by atoms with van der Waals surface area (Å²) in [5.74, 6) is 1.51. The Morgan fingerprint density at radius 1 is 0.806 bits per heavy atom. The highest BCUT2D eigenvalue weighted by Crippen LogP contribution is 2.17. The summed E-state index contributed by atoms with van der Waals surface area (Å²) >= 11 is 0. The first-order valence-corrected chi connectivity index (χ1v) is 10.4. The summed E-state index contributed by atoms with van der Waals surface area (Å²) in [6.07, 6.45) is 1.59. The second-order valence-electron chi connectivity index (χ2n) is 7.64. The van der Waals surface area contributed by atoms with Gasteiger partial charge in [-0.1, -0.05) is 60.2 Å². The number of hydrogen-bond donors (Lipinski definition) is 1. The lowest BCUT2D eigenvalue weighted by Crippen LogP contribution is -2.23. The van der Waals surface area contributed by atoms with Gasteiger partial charge in [0.25, 0.3) is 5.91 Å². The zero-order chi connectivity index (χ0) is 21.5. The molecule has 5 heteroatoms. The second kappa shape index (κ2) is 9.96. The van der Waals surface area contributed by atoms with Gasteiger partial charge in [0.15, 0.2) is 5.76 Å². The number of hydrogen-bond acceptors (Lipinski definition) is 4. The Bertz CT molecular complexity index is 1080. The highest BCUT2D eigenvalue weighted by atomic mass is 16.4. The summed E-state index contributed by atoms with van der Waals surface area (Å²) in [5.41, 5.74) is 3.72. The van der Waals surface area contributed by atoms with Crippen molar-refractivity contribution in [2.75, 3.05) is 0 Å². The normalized spacial score (nSPS) is 11.0. The number of benzene rings is 2. The first kappa shape index (κ1) is 20.7. The third-order valence-electron chi connectivity index (χ3n) is 5.04. The van der Waals surface area contributed by atoms with Crippen LogP contribution in [-0.4, -0.2) is 10.8 Å². The van der Waals surface area contributed by atoms with Gasteiger partial charge in [-0.15, -0.1) is 0 Å². The predicted molar refractivity (Wildman–Crippen MR) is 119 cm³/mol. The summed E-state index contributed by atoms with van der Waals surface area (Å²) in [6, 6.07) is 26.1. The molecule has 0 atom stereocenters. The molecule has 2 aromatic heterocycles. The average Bonchev–Trinajstić information content (AvgIpc) is 3.47. The van der Waals surface area contributed by atoms with Crippen molar-refractivity contribution in [3.8, 4) is 0 Å². The molecular weight excluding hydrogens is 388 g/mol. The topological polar surface area (TPSA) is 58.6 Å². The molecule has 0 bridgehead atoms. The molecule has 0 aliphatic heterocycles. The molecule has 0 saturated heterocycles. The van der Waals surface area contributed by atoms with Gasteiger partial charge in [0, 0.05) is 13.1 Å². The van der Waals surface area contributed by atoms with E-state index in [1.165, 1.54) is 16.7 Å². The zero-order valence-electron chi connectivity index (χ0n) is 17.6. The van der Waals surface area contributed by atoms with Crippen molar-refractivity contribution in [2.45, 2.75) is 33.1 Å². The molecule has 1 N–H and O–H groups in total. The van der Waals surface area contributed by atoms with Crippen LogP contribution in [0.25, 0.3) is 0 Å². The Hall–Kier alpha value is -3.57. The molecule has 0 aliphatic carbocycles. The Kier molecular flexibility index (Phi) is 6.65. The zero-order valence-corrected chi connectivity index (χ0v) is 17.6. The minimum Gasteiger partial charge on any atom is -0.467 e. The molecule has 4 aromatic rings. The van der Waals surface area contributed by atoms with Crippen LogP contribution in [0.3, 0.4) is 0 Å². The van der Waals surface area contributed by atoms with E-state index in [1.54, 1.807) is 18.4 Å². The largest absolute Gasteiger partial charge is 0.467 e. The van der Waals surface area contributed by atoms with Crippen LogP contribution in [0.5, 0.6) is 0 Å². The van der Waals surface area contributed by atoms with E-state index < -0.39 is 0 Å². The molecule has 4 rings (SSSR count). The van der Waals surface area contributed by atoms with E-state index in [9.17, 15) is 4.79 Å². The van der Waals surface area contributed by atoms with Crippen molar-refractivity contribution in [3.63, 3.8) is 0 Å². The molecular formula is C26H26N2O3. The summed E-state index contributed by atoms with van der Waals surface area (Å²) < 4.78 is 11.1. The predicted octanol–water partition coefficient (Wildman–Crippen LogP) is 5.31. The number of furan rings is 2. The Morgan fingerprint density at radius 3 is 2.26 bits per heavy atom. The maximum Gasteiger partial charge on any atom is 0.287 e. The fourth-order valence-electron chi connectivity index (χ4n) is 3.43. The molecule has 5 nitrogen and oxygen atoms in total. The maximum absolute atomic E-state index is 12.4. The number of carbonyl (C=O) groups is 1. The van der Waals surface area contributed by atoms with Gasteiger partial charge in [-0.2, -0.15) is 0 Å². The van der Waals surface area contributed by atoms with E-state index in [-0.39, 0.29) is 5.91 Å². The van der Waals surface area contributed by atoms with E-state index in [2.05, 4.69) is 53.5 Å². The lowest BCUT2D eigenvalue weighted by molar-refractivity contribution is 0.0915. The van der Waals surface area contributed by atoms with Gasteiger partial charge in [-0.25, -0.2) is 0 Å². The van der Waals surface area contributed by atoms with E-state index in [0.717, 1.165) is 18.8 Å². The van der Waals surface area contributed by atoms with Crippen molar-refractivity contribution in [2.24, 2.45) is 0 Å². The fraction of sp³-hybridized carbons (Fsp3) is 0.192. The number of carbonyl (C=O) groups excluding carboxylic acids is 1. The molecule has 2 heterocycles. The van der Waals surface area contributed by atoms with Gasteiger partial charge in [-0.05, 0) is 42.3 Å². The lowest BCUT2D eigenvalue weighted by atomic mass is 10.1. The van der Waals surface area contributed by atoms with E-state index in [0.29, 0.717) is 24.6 Å². The number of aryl methyl sites for hydroxylation is 1. The van der Waals surface area contributed by atoms with Crippen molar-refractivity contribution in [1.29, 1.82) is 0 Å². The number of nitrogens with one attached hydrogen (secondary N) is 1. The summed E-state index contributed by atoms with van der Waals surface area (Å²) in [7, 11) is 0. The smallest absolute Gasteiger partial charge is 0.287 e. The fourth-order valence-corrected chi connectivity index (χ4v) is 3.43. The van der Waals surface area contributed by atoms with Crippen LogP contribution in [0, 0.1) is 6.92 Å². The first-order chi connectivity index (χ1) is 15.2. The van der Waals surface area contributed by atoms with Crippen LogP contribution in [0.2, 0.25) is 0 Å². The first-order valence-electron chi connectivity index (χ1n) is 10.4. The van der Waals surface area contributed by atoms with Crippen LogP contribution in [0.1, 0.15) is 38.8 Å². The standard InChI is InChI=1S/C26H26N2O3/c1-20-9-11-22(12-10-20)18-28(17-21-6-3-2-4-7-21)19-24-13-14-25(31-24)26(29)27-16-23-8-5-15-30-23/h2-15H,16-19H2,1H3,(H,27,29). The van der Waals surface area contributed by atoms with Gasteiger partial charge >= 0.3 is 0 Å². The Morgan fingerprint density at radius 2 is 1.55 bits per heavy atom. The van der Waals surface area contributed by atoms with Crippen LogP contribution >= 0.6 is 0 Å². The van der Waals surface area contributed by atoms with E-state index >= 15 is 0 Å². The molecule has 2 aromatic carbocycles. The number of nitrogens with zero attached hydrogens (tertiary/aromatic N) is 1.